The van der Waals surface area contributed by atoms with Crippen LogP contribution in [0.5, 0.6) is 17.2 Å². The maximum atomic E-state index is 11.4. The average Bonchev–Trinajstić information content (AvgIpc) is 2.40. The first-order valence-corrected chi connectivity index (χ1v) is 6.31. The van der Waals surface area contributed by atoms with E-state index < -0.39 is 0 Å². The van der Waals surface area contributed by atoms with Crippen molar-refractivity contribution >= 4 is 5.97 Å². The van der Waals surface area contributed by atoms with Crippen LogP contribution < -0.4 is 9.47 Å². The van der Waals surface area contributed by atoms with Gasteiger partial charge in [0.15, 0.2) is 0 Å². The van der Waals surface area contributed by atoms with Crippen LogP contribution in [0.2, 0.25) is 0 Å². The molecule has 0 aromatic heterocycles. The number of ether oxygens (including phenoxy) is 2. The van der Waals surface area contributed by atoms with Crippen molar-refractivity contribution < 1.29 is 14.3 Å². The van der Waals surface area contributed by atoms with Crippen LogP contribution in [0.4, 0.5) is 0 Å². The zero-order valence-corrected chi connectivity index (χ0v) is 10.8. The van der Waals surface area contributed by atoms with Gasteiger partial charge in [-0.15, -0.1) is 0 Å². The fraction of sp³-hybridized carbons (Fsp3) is 0.188. The summed E-state index contributed by atoms with van der Waals surface area (Å²) in [7, 11) is 0. The van der Waals surface area contributed by atoms with Gasteiger partial charge in [-0.25, -0.2) is 0 Å². The maximum Gasteiger partial charge on any atom is 0.311 e. The van der Waals surface area contributed by atoms with E-state index in [-0.39, 0.29) is 5.97 Å². The van der Waals surface area contributed by atoms with Crippen LogP contribution in [0.25, 0.3) is 0 Å². The van der Waals surface area contributed by atoms with E-state index in [9.17, 15) is 4.79 Å². The largest absolute Gasteiger partial charge is 0.457 e. The molecule has 2 aromatic carbocycles. The second kappa shape index (κ2) is 6.59. The molecule has 2 rings (SSSR count). The molecule has 0 saturated heterocycles. The molecule has 0 amide bonds. The molecule has 0 fully saturated rings. The quantitative estimate of drug-likeness (QED) is 0.594. The topological polar surface area (TPSA) is 35.5 Å². The molecule has 0 bridgehead atoms. The number of para-hydroxylation sites is 1. The van der Waals surface area contributed by atoms with E-state index in [4.69, 9.17) is 9.47 Å². The predicted molar refractivity (Wildman–Crippen MR) is 73.5 cm³/mol. The minimum absolute atomic E-state index is 0.223. The summed E-state index contributed by atoms with van der Waals surface area (Å²) in [6.07, 6.45) is 1.20. The van der Waals surface area contributed by atoms with Crippen molar-refractivity contribution in [3.63, 3.8) is 0 Å². The van der Waals surface area contributed by atoms with Crippen LogP contribution in [-0.4, -0.2) is 5.97 Å². The lowest BCUT2D eigenvalue weighted by molar-refractivity contribution is -0.134. The normalized spacial score (nSPS) is 9.95. The van der Waals surface area contributed by atoms with Gasteiger partial charge in [0.05, 0.1) is 0 Å². The Kier molecular flexibility index (Phi) is 4.56. The zero-order valence-electron chi connectivity index (χ0n) is 10.8. The Balaban J connectivity index is 2.05. The van der Waals surface area contributed by atoms with E-state index in [1.165, 1.54) is 0 Å². The van der Waals surface area contributed by atoms with Crippen molar-refractivity contribution in [3.8, 4) is 17.2 Å². The SMILES string of the molecule is CCCC(=O)Oc1cccc(Oc2ccccc2)c1. The molecule has 0 heterocycles. The highest BCUT2D eigenvalue weighted by molar-refractivity contribution is 5.72. The molecule has 0 aliphatic heterocycles. The van der Waals surface area contributed by atoms with Gasteiger partial charge < -0.3 is 9.47 Å². The molecule has 0 N–H and O–H groups in total. The van der Waals surface area contributed by atoms with E-state index >= 15 is 0 Å². The molecule has 0 atom stereocenters. The third kappa shape index (κ3) is 4.14. The minimum atomic E-state index is -0.223. The van der Waals surface area contributed by atoms with Crippen LogP contribution in [0.3, 0.4) is 0 Å². The number of carbonyl (C=O) groups is 1. The van der Waals surface area contributed by atoms with Crippen LogP contribution >= 0.6 is 0 Å². The first-order chi connectivity index (χ1) is 9.28. The van der Waals surface area contributed by atoms with Gasteiger partial charge in [-0.3, -0.25) is 4.79 Å². The van der Waals surface area contributed by atoms with Crippen molar-refractivity contribution in [3.05, 3.63) is 54.6 Å². The number of esters is 1. The molecule has 0 aliphatic rings. The van der Waals surface area contributed by atoms with E-state index in [0.29, 0.717) is 17.9 Å². The Bertz CT molecular complexity index is 535. The summed E-state index contributed by atoms with van der Waals surface area (Å²) in [6.45, 7) is 1.94. The summed E-state index contributed by atoms with van der Waals surface area (Å²) in [5.74, 6) is 1.68. The monoisotopic (exact) mass is 256 g/mol. The van der Waals surface area contributed by atoms with Gasteiger partial charge in [-0.2, -0.15) is 0 Å². The molecular weight excluding hydrogens is 240 g/mol. The fourth-order valence-electron chi connectivity index (χ4n) is 1.61. The first-order valence-electron chi connectivity index (χ1n) is 6.31. The second-order valence-corrected chi connectivity index (χ2v) is 4.11. The number of hydrogen-bond donors (Lipinski definition) is 0. The lowest BCUT2D eigenvalue weighted by Gasteiger charge is -2.07. The predicted octanol–water partition coefficient (Wildman–Crippen LogP) is 4.18. The highest BCUT2D eigenvalue weighted by atomic mass is 16.5. The fourth-order valence-corrected chi connectivity index (χ4v) is 1.61. The average molecular weight is 256 g/mol. The van der Waals surface area contributed by atoms with E-state index in [1.54, 1.807) is 18.2 Å². The summed E-state index contributed by atoms with van der Waals surface area (Å²) in [5, 5.41) is 0. The van der Waals surface area contributed by atoms with Gasteiger partial charge in [-0.05, 0) is 30.7 Å². The van der Waals surface area contributed by atoms with Gasteiger partial charge in [0.1, 0.15) is 17.2 Å². The van der Waals surface area contributed by atoms with Crippen molar-refractivity contribution in [1.82, 2.24) is 0 Å². The highest BCUT2D eigenvalue weighted by Gasteiger charge is 2.04. The molecule has 0 unspecified atom stereocenters. The maximum absolute atomic E-state index is 11.4. The van der Waals surface area contributed by atoms with Crippen molar-refractivity contribution in [2.45, 2.75) is 19.8 Å². The molecule has 3 heteroatoms. The van der Waals surface area contributed by atoms with Crippen LogP contribution in [0.15, 0.2) is 54.6 Å². The van der Waals surface area contributed by atoms with Crippen molar-refractivity contribution in [2.24, 2.45) is 0 Å². The zero-order chi connectivity index (χ0) is 13.5. The summed E-state index contributed by atoms with van der Waals surface area (Å²) in [5.41, 5.74) is 0. The molecular formula is C16H16O3. The summed E-state index contributed by atoms with van der Waals surface area (Å²) in [6, 6.07) is 16.5. The highest BCUT2D eigenvalue weighted by Crippen LogP contribution is 2.25. The lowest BCUT2D eigenvalue weighted by atomic mass is 10.3. The van der Waals surface area contributed by atoms with E-state index in [1.807, 2.05) is 43.3 Å². The van der Waals surface area contributed by atoms with Crippen LogP contribution in [0, 0.1) is 0 Å². The summed E-state index contributed by atoms with van der Waals surface area (Å²) >= 11 is 0. The van der Waals surface area contributed by atoms with Gasteiger partial charge in [0.2, 0.25) is 0 Å². The molecule has 0 saturated carbocycles. The Morgan fingerprint density at radius 3 is 2.37 bits per heavy atom. The Labute approximate surface area is 112 Å². The van der Waals surface area contributed by atoms with Gasteiger partial charge in [-0.1, -0.05) is 31.2 Å². The van der Waals surface area contributed by atoms with Gasteiger partial charge in [0.25, 0.3) is 0 Å². The Hall–Kier alpha value is -2.29. The molecule has 98 valence electrons. The molecule has 19 heavy (non-hydrogen) atoms. The summed E-state index contributed by atoms with van der Waals surface area (Å²) in [4.78, 5) is 11.4. The molecule has 0 spiro atoms. The molecule has 2 aromatic rings. The van der Waals surface area contributed by atoms with E-state index in [0.717, 1.165) is 12.2 Å². The first kappa shape index (κ1) is 13.1. The molecule has 0 radical (unpaired) electrons. The minimum Gasteiger partial charge on any atom is -0.457 e. The molecule has 0 aliphatic carbocycles. The lowest BCUT2D eigenvalue weighted by Crippen LogP contribution is -2.06. The van der Waals surface area contributed by atoms with Gasteiger partial charge >= 0.3 is 5.97 Å². The number of carbonyl (C=O) groups excluding carboxylic acids is 1. The third-order valence-corrected chi connectivity index (χ3v) is 2.47. The van der Waals surface area contributed by atoms with E-state index in [2.05, 4.69) is 0 Å². The summed E-state index contributed by atoms with van der Waals surface area (Å²) < 4.78 is 10.9. The van der Waals surface area contributed by atoms with Crippen molar-refractivity contribution in [2.75, 3.05) is 0 Å². The second-order valence-electron chi connectivity index (χ2n) is 4.11. The number of rotatable bonds is 5. The standard InChI is InChI=1S/C16H16O3/c1-2-7-16(17)19-15-11-6-10-14(12-15)18-13-8-4-3-5-9-13/h3-6,8-12H,2,7H2,1H3. The number of hydrogen-bond acceptors (Lipinski definition) is 3. The third-order valence-electron chi connectivity index (χ3n) is 2.47. The van der Waals surface area contributed by atoms with Crippen LogP contribution in [0.1, 0.15) is 19.8 Å². The van der Waals surface area contributed by atoms with Crippen LogP contribution in [-0.2, 0) is 4.79 Å². The van der Waals surface area contributed by atoms with Crippen molar-refractivity contribution in [1.29, 1.82) is 0 Å². The Morgan fingerprint density at radius 1 is 0.947 bits per heavy atom. The number of benzene rings is 2. The smallest absolute Gasteiger partial charge is 0.311 e. The van der Waals surface area contributed by atoms with Gasteiger partial charge in [0, 0.05) is 12.5 Å². The Morgan fingerprint density at radius 2 is 1.63 bits per heavy atom. The molecule has 3 nitrogen and oxygen atoms in total.